The number of amides is 1. The van der Waals surface area contributed by atoms with Crippen molar-refractivity contribution >= 4 is 5.91 Å². The summed E-state index contributed by atoms with van der Waals surface area (Å²) in [5.74, 6) is 0.0450. The van der Waals surface area contributed by atoms with E-state index in [1.54, 1.807) is 24.1 Å². The van der Waals surface area contributed by atoms with Crippen molar-refractivity contribution in [2.24, 2.45) is 0 Å². The SMILES string of the molecule is C=CC1C(C)=CC=CN1C(C)=O. The molecule has 0 aromatic heterocycles. The van der Waals surface area contributed by atoms with Crippen molar-refractivity contribution in [2.45, 2.75) is 19.9 Å². The molecule has 0 aromatic carbocycles. The second-order valence-electron chi connectivity index (χ2n) is 2.86. The van der Waals surface area contributed by atoms with Crippen LogP contribution in [0.3, 0.4) is 0 Å². The molecule has 1 aliphatic heterocycles. The summed E-state index contributed by atoms with van der Waals surface area (Å²) < 4.78 is 0. The van der Waals surface area contributed by atoms with Crippen LogP contribution in [0.15, 0.2) is 36.6 Å². The fraction of sp³-hybridized carbons (Fsp3) is 0.300. The predicted octanol–water partition coefficient (Wildman–Crippen LogP) is 1.86. The molecule has 0 radical (unpaired) electrons. The minimum absolute atomic E-state index is 0.0347. The molecule has 0 spiro atoms. The lowest BCUT2D eigenvalue weighted by Crippen LogP contribution is -2.35. The Balaban J connectivity index is 2.91. The summed E-state index contributed by atoms with van der Waals surface area (Å²) in [4.78, 5) is 12.8. The van der Waals surface area contributed by atoms with Crippen molar-refractivity contribution in [3.05, 3.63) is 36.6 Å². The van der Waals surface area contributed by atoms with E-state index in [0.717, 1.165) is 5.57 Å². The minimum Gasteiger partial charge on any atom is -0.309 e. The number of allylic oxidation sites excluding steroid dienone is 2. The van der Waals surface area contributed by atoms with Crippen molar-refractivity contribution in [3.8, 4) is 0 Å². The molecule has 1 heterocycles. The third-order valence-corrected chi connectivity index (χ3v) is 1.96. The van der Waals surface area contributed by atoms with Crippen LogP contribution in [0, 0.1) is 0 Å². The Bertz CT molecular complexity index is 263. The summed E-state index contributed by atoms with van der Waals surface area (Å²) in [6.07, 6.45) is 7.42. The quantitative estimate of drug-likeness (QED) is 0.540. The minimum atomic E-state index is 0.0347. The van der Waals surface area contributed by atoms with Crippen LogP contribution in [0.5, 0.6) is 0 Å². The van der Waals surface area contributed by atoms with Gasteiger partial charge in [0.25, 0.3) is 0 Å². The molecular formula is C10H13NO. The highest BCUT2D eigenvalue weighted by molar-refractivity contribution is 5.76. The number of carbonyl (C=O) groups is 1. The van der Waals surface area contributed by atoms with Crippen LogP contribution in [-0.4, -0.2) is 16.8 Å². The van der Waals surface area contributed by atoms with Crippen molar-refractivity contribution in [1.29, 1.82) is 0 Å². The summed E-state index contributed by atoms with van der Waals surface area (Å²) in [5, 5.41) is 0. The van der Waals surface area contributed by atoms with Gasteiger partial charge in [-0.2, -0.15) is 0 Å². The largest absolute Gasteiger partial charge is 0.309 e. The zero-order chi connectivity index (χ0) is 9.14. The van der Waals surface area contributed by atoms with Crippen LogP contribution in [0.2, 0.25) is 0 Å². The Labute approximate surface area is 72.9 Å². The highest BCUT2D eigenvalue weighted by atomic mass is 16.2. The highest BCUT2D eigenvalue weighted by Crippen LogP contribution is 2.16. The van der Waals surface area contributed by atoms with E-state index in [-0.39, 0.29) is 11.9 Å². The van der Waals surface area contributed by atoms with E-state index in [4.69, 9.17) is 0 Å². The maximum atomic E-state index is 11.1. The molecule has 1 atom stereocenters. The van der Waals surface area contributed by atoms with E-state index in [9.17, 15) is 4.79 Å². The molecule has 0 fully saturated rings. The number of hydrogen-bond acceptors (Lipinski definition) is 1. The molecule has 12 heavy (non-hydrogen) atoms. The Morgan fingerprint density at radius 1 is 1.75 bits per heavy atom. The third-order valence-electron chi connectivity index (χ3n) is 1.96. The van der Waals surface area contributed by atoms with Gasteiger partial charge in [-0.05, 0) is 18.6 Å². The maximum Gasteiger partial charge on any atom is 0.224 e. The Morgan fingerprint density at radius 3 is 2.83 bits per heavy atom. The molecule has 2 heteroatoms. The summed E-state index contributed by atoms with van der Waals surface area (Å²) >= 11 is 0. The fourth-order valence-electron chi connectivity index (χ4n) is 1.30. The Morgan fingerprint density at radius 2 is 2.42 bits per heavy atom. The van der Waals surface area contributed by atoms with Crippen LogP contribution in [0.1, 0.15) is 13.8 Å². The number of rotatable bonds is 1. The number of carbonyl (C=O) groups excluding carboxylic acids is 1. The number of hydrogen-bond donors (Lipinski definition) is 0. The number of nitrogens with zero attached hydrogens (tertiary/aromatic N) is 1. The van der Waals surface area contributed by atoms with E-state index >= 15 is 0 Å². The van der Waals surface area contributed by atoms with Crippen LogP contribution in [-0.2, 0) is 4.79 Å². The monoisotopic (exact) mass is 163 g/mol. The van der Waals surface area contributed by atoms with Crippen LogP contribution in [0.4, 0.5) is 0 Å². The highest BCUT2D eigenvalue weighted by Gasteiger charge is 2.18. The van der Waals surface area contributed by atoms with Crippen molar-refractivity contribution < 1.29 is 4.79 Å². The second kappa shape index (κ2) is 3.39. The van der Waals surface area contributed by atoms with Gasteiger partial charge in [-0.3, -0.25) is 4.79 Å². The molecule has 0 aromatic rings. The lowest BCUT2D eigenvalue weighted by atomic mass is 10.0. The summed E-state index contributed by atoms with van der Waals surface area (Å²) in [6.45, 7) is 7.25. The standard InChI is InChI=1S/C10H13NO/c1-4-10-8(2)6-5-7-11(10)9(3)12/h4-7,10H,1H2,2-3H3. The van der Waals surface area contributed by atoms with E-state index in [0.29, 0.717) is 0 Å². The molecule has 0 saturated heterocycles. The first-order valence-electron chi connectivity index (χ1n) is 3.93. The molecule has 1 unspecified atom stereocenters. The van der Waals surface area contributed by atoms with Gasteiger partial charge in [-0.15, -0.1) is 6.58 Å². The van der Waals surface area contributed by atoms with Gasteiger partial charge in [0.05, 0.1) is 6.04 Å². The van der Waals surface area contributed by atoms with E-state index in [1.165, 1.54) is 0 Å². The molecule has 2 nitrogen and oxygen atoms in total. The molecule has 1 aliphatic rings. The van der Waals surface area contributed by atoms with Gasteiger partial charge in [0.1, 0.15) is 0 Å². The van der Waals surface area contributed by atoms with E-state index in [1.807, 2.05) is 19.1 Å². The van der Waals surface area contributed by atoms with Crippen molar-refractivity contribution in [2.75, 3.05) is 0 Å². The molecule has 1 rings (SSSR count). The van der Waals surface area contributed by atoms with E-state index in [2.05, 4.69) is 6.58 Å². The van der Waals surface area contributed by atoms with Crippen molar-refractivity contribution in [1.82, 2.24) is 4.90 Å². The van der Waals surface area contributed by atoms with Gasteiger partial charge in [0, 0.05) is 13.1 Å². The second-order valence-corrected chi connectivity index (χ2v) is 2.86. The predicted molar refractivity (Wildman–Crippen MR) is 49.4 cm³/mol. The average molecular weight is 163 g/mol. The summed E-state index contributed by atoms with van der Waals surface area (Å²) in [5.41, 5.74) is 1.14. The van der Waals surface area contributed by atoms with Gasteiger partial charge in [-0.25, -0.2) is 0 Å². The first-order chi connectivity index (χ1) is 5.66. The molecule has 0 saturated carbocycles. The Kier molecular flexibility index (Phi) is 2.48. The lowest BCUT2D eigenvalue weighted by Gasteiger charge is -2.28. The van der Waals surface area contributed by atoms with Gasteiger partial charge in [-0.1, -0.05) is 12.2 Å². The molecule has 0 aliphatic carbocycles. The van der Waals surface area contributed by atoms with Gasteiger partial charge < -0.3 is 4.90 Å². The smallest absolute Gasteiger partial charge is 0.224 e. The first-order valence-corrected chi connectivity index (χ1v) is 3.93. The molecule has 0 N–H and O–H groups in total. The first kappa shape index (κ1) is 8.78. The molecule has 64 valence electrons. The average Bonchev–Trinajstić information content (AvgIpc) is 2.03. The van der Waals surface area contributed by atoms with E-state index < -0.39 is 0 Å². The third kappa shape index (κ3) is 1.47. The zero-order valence-electron chi connectivity index (χ0n) is 7.45. The van der Waals surface area contributed by atoms with Crippen LogP contribution in [0.25, 0.3) is 0 Å². The lowest BCUT2D eigenvalue weighted by molar-refractivity contribution is -0.127. The zero-order valence-corrected chi connectivity index (χ0v) is 7.45. The Hall–Kier alpha value is -1.31. The van der Waals surface area contributed by atoms with Gasteiger partial charge >= 0.3 is 0 Å². The molecule has 1 amide bonds. The fourth-order valence-corrected chi connectivity index (χ4v) is 1.30. The molecule has 0 bridgehead atoms. The summed E-state index contributed by atoms with van der Waals surface area (Å²) in [6, 6.07) is 0.0347. The summed E-state index contributed by atoms with van der Waals surface area (Å²) in [7, 11) is 0. The van der Waals surface area contributed by atoms with Gasteiger partial charge in [0.15, 0.2) is 0 Å². The topological polar surface area (TPSA) is 20.3 Å². The van der Waals surface area contributed by atoms with Crippen LogP contribution < -0.4 is 0 Å². The van der Waals surface area contributed by atoms with Gasteiger partial charge in [0.2, 0.25) is 5.91 Å². The normalized spacial score (nSPS) is 22.0. The van der Waals surface area contributed by atoms with Crippen LogP contribution >= 0.6 is 0 Å². The van der Waals surface area contributed by atoms with Crippen molar-refractivity contribution in [3.63, 3.8) is 0 Å². The maximum absolute atomic E-state index is 11.1. The molecular weight excluding hydrogens is 150 g/mol.